The van der Waals surface area contributed by atoms with Crippen LogP contribution in [0.2, 0.25) is 0 Å². The molecule has 1 fully saturated rings. The Bertz CT molecular complexity index is 1310. The standard InChI is InChI=1S/C26H23F5N4O2/c27-20-9-8-18(14-21(20)28)37-23-19-15-35(24(36)16-4-6-17(7-5-16)26(29,30)31)13-10-22(19)32-25(33-23)34-11-2-1-3-12-34/h4-9,14H,1-3,10-13,15H2. The van der Waals surface area contributed by atoms with Crippen LogP contribution in [0.4, 0.5) is 27.9 Å². The van der Waals surface area contributed by atoms with Gasteiger partial charge in [0.25, 0.3) is 5.91 Å². The zero-order valence-electron chi connectivity index (χ0n) is 19.7. The molecule has 37 heavy (non-hydrogen) atoms. The molecule has 0 spiro atoms. The summed E-state index contributed by atoms with van der Waals surface area (Å²) in [6.45, 7) is 1.91. The summed E-state index contributed by atoms with van der Waals surface area (Å²) in [7, 11) is 0. The first kappa shape index (κ1) is 24.9. The molecule has 0 saturated carbocycles. The van der Waals surface area contributed by atoms with Crippen LogP contribution in [-0.2, 0) is 19.1 Å². The number of ether oxygens (including phenoxy) is 1. The summed E-state index contributed by atoms with van der Waals surface area (Å²) in [6.07, 6.45) is -1.02. The van der Waals surface area contributed by atoms with E-state index in [2.05, 4.69) is 4.98 Å². The number of fused-ring (bicyclic) bond motifs is 1. The van der Waals surface area contributed by atoms with Gasteiger partial charge in [0, 0.05) is 37.7 Å². The lowest BCUT2D eigenvalue weighted by Gasteiger charge is -2.32. The Hall–Kier alpha value is -3.76. The van der Waals surface area contributed by atoms with E-state index in [9.17, 15) is 26.7 Å². The summed E-state index contributed by atoms with van der Waals surface area (Å²) in [6, 6.07) is 7.18. The predicted molar refractivity (Wildman–Crippen MR) is 124 cm³/mol. The lowest BCUT2D eigenvalue weighted by atomic mass is 10.0. The van der Waals surface area contributed by atoms with Gasteiger partial charge in [0.15, 0.2) is 11.6 Å². The van der Waals surface area contributed by atoms with E-state index in [1.807, 2.05) is 4.90 Å². The maximum atomic E-state index is 13.8. The Balaban J connectivity index is 1.45. The number of aromatic nitrogens is 2. The second kappa shape index (κ2) is 9.95. The van der Waals surface area contributed by atoms with Crippen LogP contribution < -0.4 is 9.64 Å². The van der Waals surface area contributed by atoms with Crippen LogP contribution >= 0.6 is 0 Å². The van der Waals surface area contributed by atoms with Crippen molar-refractivity contribution in [3.8, 4) is 11.6 Å². The quantitative estimate of drug-likeness (QED) is 0.412. The molecule has 194 valence electrons. The summed E-state index contributed by atoms with van der Waals surface area (Å²) in [5.41, 5.74) is 0.459. The van der Waals surface area contributed by atoms with Gasteiger partial charge >= 0.3 is 6.18 Å². The average molecular weight is 518 g/mol. The van der Waals surface area contributed by atoms with Gasteiger partial charge in [-0.1, -0.05) is 0 Å². The Labute approximate surface area is 209 Å². The smallest absolute Gasteiger partial charge is 0.416 e. The van der Waals surface area contributed by atoms with Gasteiger partial charge in [-0.05, 0) is 55.7 Å². The molecule has 0 unspecified atom stereocenters. The van der Waals surface area contributed by atoms with Crippen molar-refractivity contribution in [2.24, 2.45) is 0 Å². The van der Waals surface area contributed by atoms with Crippen molar-refractivity contribution in [3.63, 3.8) is 0 Å². The van der Waals surface area contributed by atoms with E-state index in [-0.39, 0.29) is 23.7 Å². The molecule has 0 bridgehead atoms. The molecule has 0 aliphatic carbocycles. The molecule has 3 aromatic rings. The van der Waals surface area contributed by atoms with E-state index in [1.165, 1.54) is 11.0 Å². The fourth-order valence-corrected chi connectivity index (χ4v) is 4.50. The highest BCUT2D eigenvalue weighted by Crippen LogP contribution is 2.34. The van der Waals surface area contributed by atoms with Crippen molar-refractivity contribution < 1.29 is 31.5 Å². The normalized spacial score (nSPS) is 15.9. The van der Waals surface area contributed by atoms with E-state index in [0.29, 0.717) is 30.2 Å². The summed E-state index contributed by atoms with van der Waals surface area (Å²) < 4.78 is 71.9. The van der Waals surface area contributed by atoms with Gasteiger partial charge in [-0.3, -0.25) is 4.79 Å². The molecule has 1 saturated heterocycles. The maximum Gasteiger partial charge on any atom is 0.416 e. The topological polar surface area (TPSA) is 58.6 Å². The fourth-order valence-electron chi connectivity index (χ4n) is 4.50. The highest BCUT2D eigenvalue weighted by molar-refractivity contribution is 5.94. The third-order valence-corrected chi connectivity index (χ3v) is 6.50. The number of piperidine rings is 1. The first-order chi connectivity index (χ1) is 17.7. The van der Waals surface area contributed by atoms with Crippen LogP contribution in [0, 0.1) is 11.6 Å². The minimum Gasteiger partial charge on any atom is -0.438 e. The Morgan fingerprint density at radius 2 is 1.62 bits per heavy atom. The van der Waals surface area contributed by atoms with Crippen LogP contribution in [0.1, 0.15) is 46.4 Å². The van der Waals surface area contributed by atoms with Crippen molar-refractivity contribution in [2.45, 2.75) is 38.4 Å². The number of carbonyl (C=O) groups excluding carboxylic acids is 1. The lowest BCUT2D eigenvalue weighted by molar-refractivity contribution is -0.137. The summed E-state index contributed by atoms with van der Waals surface area (Å²) in [4.78, 5) is 25.9. The van der Waals surface area contributed by atoms with Crippen molar-refractivity contribution in [2.75, 3.05) is 24.5 Å². The molecule has 0 radical (unpaired) electrons. The average Bonchev–Trinajstić information content (AvgIpc) is 2.90. The van der Waals surface area contributed by atoms with Crippen molar-refractivity contribution >= 4 is 11.9 Å². The van der Waals surface area contributed by atoms with Crippen LogP contribution in [0.5, 0.6) is 11.6 Å². The van der Waals surface area contributed by atoms with E-state index in [1.54, 1.807) is 0 Å². The minimum atomic E-state index is -4.50. The van der Waals surface area contributed by atoms with Gasteiger partial charge in [-0.2, -0.15) is 18.2 Å². The van der Waals surface area contributed by atoms with Gasteiger partial charge in [-0.15, -0.1) is 0 Å². The molecular formula is C26H23F5N4O2. The molecule has 6 nitrogen and oxygen atoms in total. The lowest BCUT2D eigenvalue weighted by Crippen LogP contribution is -2.37. The Morgan fingerprint density at radius 3 is 2.30 bits per heavy atom. The molecule has 5 rings (SSSR count). The maximum absolute atomic E-state index is 13.8. The highest BCUT2D eigenvalue weighted by atomic mass is 19.4. The minimum absolute atomic E-state index is 0.0376. The van der Waals surface area contributed by atoms with Gasteiger partial charge in [0.1, 0.15) is 5.75 Å². The number of halogens is 5. The van der Waals surface area contributed by atoms with Gasteiger partial charge in [0.05, 0.1) is 23.4 Å². The third-order valence-electron chi connectivity index (χ3n) is 6.50. The molecule has 2 aliphatic heterocycles. The van der Waals surface area contributed by atoms with Crippen molar-refractivity contribution in [1.29, 1.82) is 0 Å². The number of benzene rings is 2. The van der Waals surface area contributed by atoms with E-state index >= 15 is 0 Å². The molecule has 3 heterocycles. The molecule has 2 aromatic carbocycles. The van der Waals surface area contributed by atoms with Gasteiger partial charge < -0.3 is 14.5 Å². The second-order valence-electron chi connectivity index (χ2n) is 9.03. The number of rotatable bonds is 4. The third kappa shape index (κ3) is 5.35. The Kier molecular flexibility index (Phi) is 6.70. The summed E-state index contributed by atoms with van der Waals surface area (Å²) >= 11 is 0. The molecular weight excluding hydrogens is 495 g/mol. The fraction of sp³-hybridized carbons (Fsp3) is 0.346. The van der Waals surface area contributed by atoms with E-state index in [0.717, 1.165) is 68.8 Å². The van der Waals surface area contributed by atoms with Crippen LogP contribution in [-0.4, -0.2) is 40.4 Å². The number of amides is 1. The number of alkyl halides is 3. The van der Waals surface area contributed by atoms with Crippen LogP contribution in [0.15, 0.2) is 42.5 Å². The second-order valence-corrected chi connectivity index (χ2v) is 9.03. The first-order valence-corrected chi connectivity index (χ1v) is 11.9. The number of nitrogens with zero attached hydrogens (tertiary/aromatic N) is 4. The first-order valence-electron chi connectivity index (χ1n) is 11.9. The van der Waals surface area contributed by atoms with E-state index in [4.69, 9.17) is 9.72 Å². The van der Waals surface area contributed by atoms with Crippen LogP contribution in [0.3, 0.4) is 0 Å². The molecule has 0 atom stereocenters. The van der Waals surface area contributed by atoms with Crippen molar-refractivity contribution in [3.05, 3.63) is 76.5 Å². The van der Waals surface area contributed by atoms with E-state index < -0.39 is 29.3 Å². The molecule has 1 amide bonds. The zero-order chi connectivity index (χ0) is 26.2. The SMILES string of the molecule is O=C(c1ccc(C(F)(F)F)cc1)N1CCc2nc(N3CCCCC3)nc(Oc3ccc(F)c(F)c3)c2C1. The molecule has 0 N–H and O–H groups in total. The Morgan fingerprint density at radius 1 is 0.892 bits per heavy atom. The molecule has 1 aromatic heterocycles. The highest BCUT2D eigenvalue weighted by Gasteiger charge is 2.32. The van der Waals surface area contributed by atoms with Crippen molar-refractivity contribution in [1.82, 2.24) is 14.9 Å². The van der Waals surface area contributed by atoms with Crippen LogP contribution in [0.25, 0.3) is 0 Å². The summed E-state index contributed by atoms with van der Waals surface area (Å²) in [5.74, 6) is -1.90. The van der Waals surface area contributed by atoms with Gasteiger partial charge in [0.2, 0.25) is 11.8 Å². The van der Waals surface area contributed by atoms with Gasteiger partial charge in [-0.25, -0.2) is 13.8 Å². The number of hydrogen-bond donors (Lipinski definition) is 0. The zero-order valence-corrected chi connectivity index (χ0v) is 19.7. The monoisotopic (exact) mass is 518 g/mol. The predicted octanol–water partition coefficient (Wildman–Crippen LogP) is 5.75. The number of hydrogen-bond acceptors (Lipinski definition) is 5. The number of anilines is 1. The molecule has 2 aliphatic rings. The molecule has 11 heteroatoms. The number of carbonyl (C=O) groups is 1. The summed E-state index contributed by atoms with van der Waals surface area (Å²) in [5, 5.41) is 0. The largest absolute Gasteiger partial charge is 0.438 e.